The topological polar surface area (TPSA) is 151 Å². The van der Waals surface area contributed by atoms with E-state index in [9.17, 15) is 34.4 Å². The van der Waals surface area contributed by atoms with Crippen LogP contribution >= 0.6 is 23.1 Å². The number of benzene rings is 1. The lowest BCUT2D eigenvalue weighted by Gasteiger charge is -2.43. The Hall–Kier alpha value is -2.99. The van der Waals surface area contributed by atoms with Gasteiger partial charge in [-0.1, -0.05) is 37.3 Å². The average molecular weight is 544 g/mol. The third kappa shape index (κ3) is 3.52. The maximum absolute atomic E-state index is 13.7. The van der Waals surface area contributed by atoms with E-state index in [2.05, 4.69) is 4.98 Å². The molecule has 1 aromatic carbocycles. The minimum Gasteiger partial charge on any atom is -0.480 e. The lowest BCUT2D eigenvalue weighted by Crippen LogP contribution is -2.47. The van der Waals surface area contributed by atoms with Crippen molar-refractivity contribution in [3.05, 3.63) is 54.5 Å². The van der Waals surface area contributed by atoms with Crippen LogP contribution in [0.2, 0.25) is 0 Å². The number of fused-ring (bicyclic) bond motifs is 9. The van der Waals surface area contributed by atoms with Gasteiger partial charge in [0.1, 0.15) is 6.04 Å². The molecular formula is C25H25N3O7S2. The third-order valence-electron chi connectivity index (χ3n) is 8.49. The van der Waals surface area contributed by atoms with Crippen molar-refractivity contribution in [2.45, 2.75) is 48.9 Å². The molecule has 0 radical (unpaired) electrons. The van der Waals surface area contributed by atoms with E-state index in [1.807, 2.05) is 19.9 Å². The highest BCUT2D eigenvalue weighted by Gasteiger charge is 2.70. The van der Waals surface area contributed by atoms with Gasteiger partial charge in [0.05, 0.1) is 21.8 Å². The molecule has 2 bridgehead atoms. The van der Waals surface area contributed by atoms with E-state index in [-0.39, 0.29) is 51.8 Å². The zero-order valence-corrected chi connectivity index (χ0v) is 21.7. The van der Waals surface area contributed by atoms with Gasteiger partial charge in [0.25, 0.3) is 5.69 Å². The monoisotopic (exact) mass is 543 g/mol. The van der Waals surface area contributed by atoms with Crippen LogP contribution in [-0.4, -0.2) is 49.0 Å². The van der Waals surface area contributed by atoms with Gasteiger partial charge in [0.15, 0.2) is 0 Å². The normalized spacial score (nSPS) is 32.4. The predicted molar refractivity (Wildman–Crippen MR) is 134 cm³/mol. The van der Waals surface area contributed by atoms with E-state index in [0.717, 1.165) is 21.1 Å². The Morgan fingerprint density at radius 3 is 2.57 bits per heavy atom. The largest absolute Gasteiger partial charge is 0.480 e. The van der Waals surface area contributed by atoms with Crippen molar-refractivity contribution in [1.29, 1.82) is 0 Å². The Balaban J connectivity index is 1.43. The fourth-order valence-corrected chi connectivity index (χ4v) is 10.2. The summed E-state index contributed by atoms with van der Waals surface area (Å²) < 4.78 is 0. The second-order valence-corrected chi connectivity index (χ2v) is 13.0. The molecule has 2 saturated carbocycles. The molecule has 10 nitrogen and oxygen atoms in total. The van der Waals surface area contributed by atoms with E-state index >= 15 is 0 Å². The molecule has 37 heavy (non-hydrogen) atoms. The number of carboxylic acid groups (broad SMARTS) is 1. The molecule has 12 heteroatoms. The standard InChI is InChI=1S/C25H25N3O7S2/c1-9(2)6-14(24(31)32)27-22(29)17-12-8-13(18(17)23(27)30)19-16(12)15(20-21(36-19)26-25(33)37-20)10-4-3-5-11(7-10)28(34)35/h3-5,7,9,12-19H,6,8H2,1-2H3,(H,26,33)(H,31,32)/t12-,13-,14-,15-,16-,17+,18-,19+/m1/s1. The van der Waals surface area contributed by atoms with E-state index in [4.69, 9.17) is 0 Å². The molecule has 6 rings (SSSR count). The molecule has 3 heterocycles. The van der Waals surface area contributed by atoms with Gasteiger partial charge in [-0.15, -0.1) is 11.8 Å². The number of carboxylic acids is 1. The summed E-state index contributed by atoms with van der Waals surface area (Å²) in [5, 5.41) is 22.0. The average Bonchev–Trinajstić information content (AvgIpc) is 3.56. The number of carbonyl (C=O) groups excluding carboxylic acids is 2. The maximum Gasteiger partial charge on any atom is 0.326 e. The molecule has 2 aliphatic carbocycles. The maximum atomic E-state index is 13.7. The molecule has 1 aromatic heterocycles. The van der Waals surface area contributed by atoms with Crippen molar-refractivity contribution in [3.63, 3.8) is 0 Å². The summed E-state index contributed by atoms with van der Waals surface area (Å²) in [4.78, 5) is 67.3. The molecule has 2 aliphatic heterocycles. The number of nitrogens with one attached hydrogen (secondary N) is 1. The summed E-state index contributed by atoms with van der Waals surface area (Å²) in [5.74, 6) is -3.94. The van der Waals surface area contributed by atoms with Crippen molar-refractivity contribution in [1.82, 2.24) is 9.88 Å². The predicted octanol–water partition coefficient (Wildman–Crippen LogP) is 3.32. The molecule has 1 saturated heterocycles. The number of aliphatic carboxylic acids is 1. The van der Waals surface area contributed by atoms with E-state index < -0.39 is 40.6 Å². The number of nitrogens with zero attached hydrogens (tertiary/aromatic N) is 2. The molecule has 4 aliphatic rings. The van der Waals surface area contributed by atoms with Gasteiger partial charge < -0.3 is 10.1 Å². The number of nitro groups is 1. The molecular weight excluding hydrogens is 518 g/mol. The van der Waals surface area contributed by atoms with Crippen LogP contribution in [0.25, 0.3) is 0 Å². The molecule has 0 unspecified atom stereocenters. The Kier molecular flexibility index (Phi) is 5.61. The van der Waals surface area contributed by atoms with Crippen molar-refractivity contribution in [2.75, 3.05) is 0 Å². The van der Waals surface area contributed by atoms with Crippen molar-refractivity contribution < 1.29 is 24.4 Å². The van der Waals surface area contributed by atoms with Crippen LogP contribution in [0, 0.1) is 45.6 Å². The number of likely N-dealkylation sites (tertiary alicyclic amines) is 1. The van der Waals surface area contributed by atoms with Gasteiger partial charge in [-0.3, -0.25) is 29.4 Å². The van der Waals surface area contributed by atoms with E-state index in [1.165, 1.54) is 23.9 Å². The zero-order chi connectivity index (χ0) is 26.3. The number of thioether (sulfide) groups is 1. The number of imide groups is 1. The zero-order valence-electron chi connectivity index (χ0n) is 20.0. The SMILES string of the molecule is CC(C)C[C@H](C(=O)O)N1C(=O)[C@@H]2[C@H]3C[C@@H]([C@@H]2C1=O)[C@@H]1[C@@H](c2cccc([N+](=O)[O-])c2)c2sc(=O)[nH]c2S[C@@H]31. The summed E-state index contributed by atoms with van der Waals surface area (Å²) in [6.45, 7) is 3.72. The first-order valence-electron chi connectivity index (χ1n) is 12.3. The number of rotatable bonds is 6. The Morgan fingerprint density at radius 2 is 1.92 bits per heavy atom. The molecule has 2 N–H and O–H groups in total. The van der Waals surface area contributed by atoms with Gasteiger partial charge in [-0.2, -0.15) is 0 Å². The summed E-state index contributed by atoms with van der Waals surface area (Å²) >= 11 is 2.61. The minimum atomic E-state index is -1.19. The first kappa shape index (κ1) is 24.4. The van der Waals surface area contributed by atoms with Crippen LogP contribution in [0.15, 0.2) is 34.1 Å². The van der Waals surface area contributed by atoms with Crippen molar-refractivity contribution in [2.24, 2.45) is 35.5 Å². The minimum absolute atomic E-state index is 0.0111. The number of hydrogen-bond acceptors (Lipinski definition) is 8. The second-order valence-electron chi connectivity index (χ2n) is 10.8. The fourth-order valence-electron chi connectivity index (χ4n) is 7.32. The Labute approximate surface area is 219 Å². The van der Waals surface area contributed by atoms with Gasteiger partial charge in [-0.25, -0.2) is 4.79 Å². The summed E-state index contributed by atoms with van der Waals surface area (Å²) in [6.07, 6.45) is 0.855. The van der Waals surface area contributed by atoms with Gasteiger partial charge in [0, 0.05) is 28.2 Å². The number of non-ortho nitro benzene ring substituents is 1. The quantitative estimate of drug-likeness (QED) is 0.320. The van der Waals surface area contributed by atoms with E-state index in [1.54, 1.807) is 6.07 Å². The van der Waals surface area contributed by atoms with Gasteiger partial charge in [-0.05, 0) is 42.1 Å². The van der Waals surface area contributed by atoms with Crippen molar-refractivity contribution in [3.8, 4) is 0 Å². The smallest absolute Gasteiger partial charge is 0.326 e. The molecule has 2 amide bonds. The fraction of sp³-hybridized carbons (Fsp3) is 0.520. The van der Waals surface area contributed by atoms with Crippen LogP contribution in [0.1, 0.15) is 43.0 Å². The van der Waals surface area contributed by atoms with Crippen LogP contribution in [0.4, 0.5) is 5.69 Å². The molecule has 2 aromatic rings. The van der Waals surface area contributed by atoms with Crippen LogP contribution in [-0.2, 0) is 14.4 Å². The van der Waals surface area contributed by atoms with Crippen LogP contribution in [0.3, 0.4) is 0 Å². The number of H-pyrrole nitrogens is 1. The summed E-state index contributed by atoms with van der Waals surface area (Å²) in [7, 11) is 0. The molecule has 3 fully saturated rings. The number of aromatic amines is 1. The van der Waals surface area contributed by atoms with Gasteiger partial charge in [0.2, 0.25) is 11.8 Å². The lowest BCUT2D eigenvalue weighted by molar-refractivity contribution is -0.384. The summed E-state index contributed by atoms with van der Waals surface area (Å²) in [6, 6.07) is 5.22. The highest BCUT2D eigenvalue weighted by molar-refractivity contribution is 8.00. The van der Waals surface area contributed by atoms with Crippen LogP contribution < -0.4 is 4.87 Å². The number of hydrogen-bond donors (Lipinski definition) is 2. The van der Waals surface area contributed by atoms with Crippen LogP contribution in [0.5, 0.6) is 0 Å². The highest BCUT2D eigenvalue weighted by Crippen LogP contribution is 2.68. The number of amides is 2. The Bertz CT molecular complexity index is 1400. The number of carbonyl (C=O) groups is 3. The lowest BCUT2D eigenvalue weighted by atomic mass is 9.68. The van der Waals surface area contributed by atoms with E-state index in [0.29, 0.717) is 17.0 Å². The first-order valence-corrected chi connectivity index (χ1v) is 14.0. The molecule has 0 spiro atoms. The number of thiazole rings is 1. The number of nitro benzene ring substituents is 1. The van der Waals surface area contributed by atoms with Gasteiger partial charge >= 0.3 is 10.8 Å². The molecule has 194 valence electrons. The molecule has 8 atom stereocenters. The van der Waals surface area contributed by atoms with Crippen molar-refractivity contribution >= 4 is 46.6 Å². The first-order chi connectivity index (χ1) is 17.6. The Morgan fingerprint density at radius 1 is 1.22 bits per heavy atom. The number of aromatic nitrogens is 1. The third-order valence-corrected chi connectivity index (χ3v) is 11.1. The summed E-state index contributed by atoms with van der Waals surface area (Å²) in [5.41, 5.74) is 0.663. The highest BCUT2D eigenvalue weighted by atomic mass is 32.2. The second kappa shape index (κ2) is 8.52.